The first-order chi connectivity index (χ1) is 9.20. The highest BCUT2D eigenvalue weighted by Crippen LogP contribution is 2.18. The number of rotatable bonds is 6. The molecule has 0 spiro atoms. The van der Waals surface area contributed by atoms with Crippen molar-refractivity contribution in [2.45, 2.75) is 32.4 Å². The zero-order chi connectivity index (χ0) is 13.7. The van der Waals surface area contributed by atoms with Gasteiger partial charge in [0.15, 0.2) is 0 Å². The zero-order valence-electron chi connectivity index (χ0n) is 12.3. The van der Waals surface area contributed by atoms with Gasteiger partial charge in [0, 0.05) is 43.6 Å². The van der Waals surface area contributed by atoms with Crippen LogP contribution in [-0.2, 0) is 6.54 Å². The molecule has 19 heavy (non-hydrogen) atoms. The van der Waals surface area contributed by atoms with E-state index in [1.54, 1.807) is 0 Å². The van der Waals surface area contributed by atoms with Crippen LogP contribution in [0.1, 0.15) is 25.3 Å². The van der Waals surface area contributed by atoms with Gasteiger partial charge in [0.05, 0.1) is 0 Å². The minimum atomic E-state index is 0.620. The van der Waals surface area contributed by atoms with Gasteiger partial charge in [-0.1, -0.05) is 6.92 Å². The molecule has 0 radical (unpaired) electrons. The highest BCUT2D eigenvalue weighted by atomic mass is 15.3. The molecule has 0 aromatic carbocycles. The summed E-state index contributed by atoms with van der Waals surface area (Å²) >= 11 is 0. The second-order valence-corrected chi connectivity index (χ2v) is 5.42. The Balaban J connectivity index is 1.88. The summed E-state index contributed by atoms with van der Waals surface area (Å²) in [5.74, 6) is 0.864. The van der Waals surface area contributed by atoms with E-state index in [9.17, 15) is 0 Å². The normalized spacial score (nSPS) is 19.4. The van der Waals surface area contributed by atoms with Crippen molar-refractivity contribution in [1.29, 1.82) is 0 Å². The van der Waals surface area contributed by atoms with Crippen molar-refractivity contribution in [1.82, 2.24) is 20.2 Å². The van der Waals surface area contributed by atoms with Gasteiger partial charge >= 0.3 is 0 Å². The molecule has 1 saturated heterocycles. The minimum Gasteiger partial charge on any atom is -0.339 e. The average Bonchev–Trinajstić information content (AvgIpc) is 2.90. The largest absolute Gasteiger partial charge is 0.339 e. The molecule has 1 atom stereocenters. The van der Waals surface area contributed by atoms with Crippen molar-refractivity contribution < 1.29 is 0 Å². The van der Waals surface area contributed by atoms with Crippen LogP contribution in [0.25, 0.3) is 0 Å². The zero-order valence-corrected chi connectivity index (χ0v) is 12.3. The molecule has 0 bridgehead atoms. The maximum Gasteiger partial charge on any atom is 0.225 e. The number of aromatic nitrogens is 2. The van der Waals surface area contributed by atoms with Crippen molar-refractivity contribution in [3.63, 3.8) is 0 Å². The Morgan fingerprint density at radius 2 is 2.11 bits per heavy atom. The van der Waals surface area contributed by atoms with Crippen molar-refractivity contribution in [2.75, 3.05) is 38.6 Å². The molecule has 1 N–H and O–H groups in total. The second kappa shape index (κ2) is 6.82. The molecule has 2 rings (SSSR count). The van der Waals surface area contributed by atoms with E-state index in [0.29, 0.717) is 6.04 Å². The van der Waals surface area contributed by atoms with E-state index in [1.165, 1.54) is 6.42 Å². The lowest BCUT2D eigenvalue weighted by Crippen LogP contribution is -2.32. The summed E-state index contributed by atoms with van der Waals surface area (Å²) in [7, 11) is 4.27. The third-order valence-electron chi connectivity index (χ3n) is 3.62. The Hall–Kier alpha value is -1.20. The number of nitrogens with one attached hydrogen (secondary N) is 1. The van der Waals surface area contributed by atoms with Gasteiger partial charge in [-0.05, 0) is 33.5 Å². The Morgan fingerprint density at radius 3 is 2.68 bits per heavy atom. The van der Waals surface area contributed by atoms with Crippen LogP contribution in [0, 0.1) is 0 Å². The van der Waals surface area contributed by atoms with Gasteiger partial charge in [-0.15, -0.1) is 0 Å². The molecule has 0 saturated carbocycles. The van der Waals surface area contributed by atoms with Crippen molar-refractivity contribution in [2.24, 2.45) is 0 Å². The maximum absolute atomic E-state index is 4.49. The fourth-order valence-electron chi connectivity index (χ4n) is 2.36. The topological polar surface area (TPSA) is 44.3 Å². The fourth-order valence-corrected chi connectivity index (χ4v) is 2.36. The molecule has 1 aliphatic heterocycles. The molecule has 0 aliphatic carbocycles. The van der Waals surface area contributed by atoms with Gasteiger partial charge in [0.1, 0.15) is 0 Å². The van der Waals surface area contributed by atoms with Crippen LogP contribution in [0.3, 0.4) is 0 Å². The van der Waals surface area contributed by atoms with Gasteiger partial charge < -0.3 is 15.1 Å². The predicted octanol–water partition coefficient (Wildman–Crippen LogP) is 1.12. The second-order valence-electron chi connectivity index (χ2n) is 5.42. The first kappa shape index (κ1) is 14.2. The summed E-state index contributed by atoms with van der Waals surface area (Å²) in [6.45, 7) is 6.14. The van der Waals surface area contributed by atoms with Crippen LogP contribution in [0.15, 0.2) is 12.4 Å². The van der Waals surface area contributed by atoms with Crippen LogP contribution in [0.5, 0.6) is 0 Å². The first-order valence-electron chi connectivity index (χ1n) is 7.13. The smallest absolute Gasteiger partial charge is 0.225 e. The van der Waals surface area contributed by atoms with Gasteiger partial charge in [-0.25, -0.2) is 9.97 Å². The molecular formula is C14H25N5. The molecule has 1 aromatic rings. The van der Waals surface area contributed by atoms with Crippen LogP contribution >= 0.6 is 0 Å². The van der Waals surface area contributed by atoms with E-state index < -0.39 is 0 Å². The molecule has 1 aliphatic rings. The van der Waals surface area contributed by atoms with Crippen molar-refractivity contribution in [3.05, 3.63) is 18.0 Å². The highest BCUT2D eigenvalue weighted by molar-refractivity contribution is 5.32. The van der Waals surface area contributed by atoms with Gasteiger partial charge in [0.25, 0.3) is 0 Å². The standard InChI is InChI=1S/C14H25N5/c1-4-6-15-8-12-9-16-14(17-10-12)19-7-5-13(11-19)18(2)3/h9-10,13,15H,4-8,11H2,1-3H3. The van der Waals surface area contributed by atoms with Crippen molar-refractivity contribution >= 4 is 5.95 Å². The number of anilines is 1. The van der Waals surface area contributed by atoms with Gasteiger partial charge in [0.2, 0.25) is 5.95 Å². The summed E-state index contributed by atoms with van der Waals surface area (Å²) in [5.41, 5.74) is 1.15. The summed E-state index contributed by atoms with van der Waals surface area (Å²) < 4.78 is 0. The molecule has 1 fully saturated rings. The van der Waals surface area contributed by atoms with E-state index in [1.807, 2.05) is 12.4 Å². The lowest BCUT2D eigenvalue weighted by Gasteiger charge is -2.20. The Morgan fingerprint density at radius 1 is 1.37 bits per heavy atom. The third-order valence-corrected chi connectivity index (χ3v) is 3.62. The van der Waals surface area contributed by atoms with Crippen LogP contribution in [0.2, 0.25) is 0 Å². The van der Waals surface area contributed by atoms with E-state index in [2.05, 4.69) is 46.1 Å². The van der Waals surface area contributed by atoms with E-state index in [-0.39, 0.29) is 0 Å². The molecule has 106 valence electrons. The molecule has 5 nitrogen and oxygen atoms in total. The van der Waals surface area contributed by atoms with Crippen LogP contribution in [-0.4, -0.2) is 54.6 Å². The van der Waals surface area contributed by atoms with E-state index in [0.717, 1.165) is 44.1 Å². The summed E-state index contributed by atoms with van der Waals surface area (Å²) in [6, 6.07) is 0.620. The molecule has 1 aromatic heterocycles. The van der Waals surface area contributed by atoms with Crippen molar-refractivity contribution in [3.8, 4) is 0 Å². The predicted molar refractivity (Wildman–Crippen MR) is 78.3 cm³/mol. The third kappa shape index (κ3) is 3.88. The average molecular weight is 263 g/mol. The number of hydrogen-bond donors (Lipinski definition) is 1. The van der Waals surface area contributed by atoms with Crippen LogP contribution < -0.4 is 10.2 Å². The Kier molecular flexibility index (Phi) is 5.10. The minimum absolute atomic E-state index is 0.620. The number of likely N-dealkylation sites (N-methyl/N-ethyl adjacent to an activating group) is 1. The molecular weight excluding hydrogens is 238 g/mol. The lowest BCUT2D eigenvalue weighted by molar-refractivity contribution is 0.315. The Bertz CT molecular complexity index is 376. The monoisotopic (exact) mass is 263 g/mol. The van der Waals surface area contributed by atoms with Crippen LogP contribution in [0.4, 0.5) is 5.95 Å². The fraction of sp³-hybridized carbons (Fsp3) is 0.714. The molecule has 1 unspecified atom stereocenters. The van der Waals surface area contributed by atoms with E-state index in [4.69, 9.17) is 0 Å². The van der Waals surface area contributed by atoms with Gasteiger partial charge in [-0.2, -0.15) is 0 Å². The number of nitrogens with zero attached hydrogens (tertiary/aromatic N) is 4. The Labute approximate surface area is 116 Å². The first-order valence-corrected chi connectivity index (χ1v) is 7.13. The van der Waals surface area contributed by atoms with Gasteiger partial charge in [-0.3, -0.25) is 0 Å². The number of hydrogen-bond acceptors (Lipinski definition) is 5. The quantitative estimate of drug-likeness (QED) is 0.779. The highest BCUT2D eigenvalue weighted by Gasteiger charge is 2.25. The molecule has 5 heteroatoms. The lowest BCUT2D eigenvalue weighted by atomic mass is 10.2. The molecule has 0 amide bonds. The SMILES string of the molecule is CCCNCc1cnc(N2CCC(N(C)C)C2)nc1. The van der Waals surface area contributed by atoms with E-state index >= 15 is 0 Å². The summed E-state index contributed by atoms with van der Waals surface area (Å²) in [4.78, 5) is 13.5. The maximum atomic E-state index is 4.49. The molecule has 2 heterocycles. The summed E-state index contributed by atoms with van der Waals surface area (Å²) in [5, 5.41) is 3.36. The summed E-state index contributed by atoms with van der Waals surface area (Å²) in [6.07, 6.45) is 6.22.